The van der Waals surface area contributed by atoms with Crippen molar-refractivity contribution >= 4 is 23.5 Å². The zero-order valence-corrected chi connectivity index (χ0v) is 23.3. The van der Waals surface area contributed by atoms with E-state index >= 15 is 0 Å². The first-order chi connectivity index (χ1) is 17.2. The molecule has 0 bridgehead atoms. The smallest absolute Gasteiger partial charge is 0.331 e. The van der Waals surface area contributed by atoms with Gasteiger partial charge in [-0.3, -0.25) is 14.4 Å². The molecule has 4 aliphatic carbocycles. The second kappa shape index (κ2) is 9.36. The molecule has 0 aromatic rings. The molecule has 3 fully saturated rings. The number of rotatable bonds is 5. The number of esters is 1. The van der Waals surface area contributed by atoms with Crippen LogP contribution in [0.3, 0.4) is 0 Å². The van der Waals surface area contributed by atoms with Gasteiger partial charge in [0.25, 0.3) is 0 Å². The average molecular weight is 511 g/mol. The third-order valence-corrected chi connectivity index (χ3v) is 10.6. The molecule has 6 heteroatoms. The van der Waals surface area contributed by atoms with Gasteiger partial charge in [-0.2, -0.15) is 0 Å². The van der Waals surface area contributed by atoms with E-state index in [9.17, 15) is 24.3 Å². The SMILES string of the molecule is CC(=O)O[C@H]1C[C@@]2(C)[C@@H](CC[C@H]3[C@@]4(C)C=CC(=O)[C@@H](C)[C@@H]4C(=O)C[C@@]32C)C1=C(CCC=C(C)C)C(=O)O. The summed E-state index contributed by atoms with van der Waals surface area (Å²) in [5.41, 5.74) is 0.940. The van der Waals surface area contributed by atoms with Crippen molar-refractivity contribution in [3.8, 4) is 0 Å². The van der Waals surface area contributed by atoms with Crippen LogP contribution < -0.4 is 0 Å². The molecular weight excluding hydrogens is 468 g/mol. The van der Waals surface area contributed by atoms with E-state index in [0.717, 1.165) is 24.0 Å². The van der Waals surface area contributed by atoms with Gasteiger partial charge in [0, 0.05) is 30.8 Å². The zero-order chi connectivity index (χ0) is 27.5. The lowest BCUT2D eigenvalue weighted by atomic mass is 9.38. The van der Waals surface area contributed by atoms with E-state index in [-0.39, 0.29) is 35.2 Å². The fourth-order valence-electron chi connectivity index (χ4n) is 8.92. The highest BCUT2D eigenvalue weighted by Crippen LogP contribution is 2.73. The lowest BCUT2D eigenvalue weighted by Gasteiger charge is -2.65. The van der Waals surface area contributed by atoms with Crippen molar-refractivity contribution in [1.29, 1.82) is 0 Å². The molecule has 0 aliphatic heterocycles. The van der Waals surface area contributed by atoms with Crippen molar-refractivity contribution in [2.45, 2.75) is 93.1 Å². The molecule has 0 unspecified atom stereocenters. The number of ether oxygens (including phenoxy) is 1. The molecule has 0 saturated heterocycles. The highest BCUT2D eigenvalue weighted by Gasteiger charge is 2.70. The summed E-state index contributed by atoms with van der Waals surface area (Å²) in [5, 5.41) is 10.3. The van der Waals surface area contributed by atoms with Gasteiger partial charge in [-0.1, -0.05) is 45.4 Å². The lowest BCUT2D eigenvalue weighted by Crippen LogP contribution is -2.63. The van der Waals surface area contributed by atoms with E-state index in [1.807, 2.05) is 32.9 Å². The quantitative estimate of drug-likeness (QED) is 0.283. The monoisotopic (exact) mass is 510 g/mol. The summed E-state index contributed by atoms with van der Waals surface area (Å²) in [6.45, 7) is 13.7. The summed E-state index contributed by atoms with van der Waals surface area (Å²) >= 11 is 0. The Bertz CT molecular complexity index is 1120. The Morgan fingerprint density at radius 2 is 1.78 bits per heavy atom. The summed E-state index contributed by atoms with van der Waals surface area (Å²) in [5.74, 6) is -1.83. The third kappa shape index (κ3) is 4.15. The molecule has 0 aromatic heterocycles. The van der Waals surface area contributed by atoms with Gasteiger partial charge in [-0.05, 0) is 85.7 Å². The van der Waals surface area contributed by atoms with Crippen LogP contribution >= 0.6 is 0 Å². The third-order valence-electron chi connectivity index (χ3n) is 10.6. The van der Waals surface area contributed by atoms with Crippen molar-refractivity contribution < 1.29 is 29.0 Å². The molecule has 0 amide bonds. The van der Waals surface area contributed by atoms with Crippen LogP contribution in [-0.2, 0) is 23.9 Å². The maximum Gasteiger partial charge on any atom is 0.331 e. The van der Waals surface area contributed by atoms with Crippen molar-refractivity contribution in [2.75, 3.05) is 0 Å². The van der Waals surface area contributed by atoms with Crippen molar-refractivity contribution in [1.82, 2.24) is 0 Å². The number of hydrogen-bond acceptors (Lipinski definition) is 5. The first-order valence-electron chi connectivity index (χ1n) is 13.7. The number of aliphatic carboxylic acids is 1. The molecule has 0 heterocycles. The highest BCUT2D eigenvalue weighted by atomic mass is 16.5. The predicted molar refractivity (Wildman–Crippen MR) is 140 cm³/mol. The molecule has 1 N–H and O–H groups in total. The molecule has 4 rings (SSSR count). The predicted octanol–water partition coefficient (Wildman–Crippen LogP) is 5.86. The Hall–Kier alpha value is -2.50. The summed E-state index contributed by atoms with van der Waals surface area (Å²) in [6.07, 6.45) is 8.54. The minimum atomic E-state index is -0.958. The molecule has 37 heavy (non-hydrogen) atoms. The van der Waals surface area contributed by atoms with Gasteiger partial charge < -0.3 is 9.84 Å². The average Bonchev–Trinajstić information content (AvgIpc) is 3.05. The van der Waals surface area contributed by atoms with E-state index in [4.69, 9.17) is 4.74 Å². The minimum Gasteiger partial charge on any atom is -0.478 e. The molecule has 202 valence electrons. The van der Waals surface area contributed by atoms with E-state index in [0.29, 0.717) is 31.3 Å². The Kier molecular flexibility index (Phi) is 6.96. The van der Waals surface area contributed by atoms with Gasteiger partial charge in [0.15, 0.2) is 5.78 Å². The standard InChI is InChI=1S/C31H42O6/c1-17(2)9-8-10-20(28(35)36)26-21-11-12-25-29(5)14-13-22(33)18(3)27(29)23(34)15-31(25,7)30(21,6)16-24(26)37-19(4)32/h9,13-14,18,21,24-25,27H,8,10-12,15-16H2,1-7H3,(H,35,36)/t18-,21+,24+,25+,27-,29-,30+,31+/m1/s1. The van der Waals surface area contributed by atoms with E-state index < -0.39 is 34.3 Å². The fourth-order valence-corrected chi connectivity index (χ4v) is 8.92. The first-order valence-corrected chi connectivity index (χ1v) is 13.7. The number of carboxylic acid groups (broad SMARTS) is 1. The van der Waals surface area contributed by atoms with E-state index in [2.05, 4.69) is 20.8 Å². The molecule has 4 aliphatic rings. The van der Waals surface area contributed by atoms with Crippen molar-refractivity contribution in [3.05, 3.63) is 34.9 Å². The fraction of sp³-hybridized carbons (Fsp3) is 0.677. The zero-order valence-electron chi connectivity index (χ0n) is 23.3. The Morgan fingerprint density at radius 1 is 1.11 bits per heavy atom. The van der Waals surface area contributed by atoms with Crippen LogP contribution in [0.5, 0.6) is 0 Å². The van der Waals surface area contributed by atoms with Crippen LogP contribution in [0.4, 0.5) is 0 Å². The van der Waals surface area contributed by atoms with E-state index in [1.165, 1.54) is 6.92 Å². The second-order valence-electron chi connectivity index (χ2n) is 12.9. The normalized spacial score (nSPS) is 41.9. The largest absolute Gasteiger partial charge is 0.478 e. The van der Waals surface area contributed by atoms with Crippen LogP contribution in [0.1, 0.15) is 87.0 Å². The number of hydrogen-bond donors (Lipinski definition) is 1. The summed E-state index contributed by atoms with van der Waals surface area (Å²) in [7, 11) is 0. The minimum absolute atomic E-state index is 0.0165. The number of ketones is 2. The number of carbonyl (C=O) groups is 4. The maximum atomic E-state index is 13.8. The molecule has 8 atom stereocenters. The molecule has 6 nitrogen and oxygen atoms in total. The number of carbonyl (C=O) groups excluding carboxylic acids is 3. The molecule has 0 aromatic carbocycles. The van der Waals surface area contributed by atoms with Gasteiger partial charge >= 0.3 is 11.9 Å². The number of allylic oxidation sites excluding steroid dienone is 4. The van der Waals surface area contributed by atoms with Gasteiger partial charge in [-0.15, -0.1) is 0 Å². The molecule has 0 radical (unpaired) electrons. The van der Waals surface area contributed by atoms with Gasteiger partial charge in [0.05, 0.1) is 0 Å². The summed E-state index contributed by atoms with van der Waals surface area (Å²) in [4.78, 5) is 51.1. The van der Waals surface area contributed by atoms with Crippen LogP contribution in [0.25, 0.3) is 0 Å². The number of Topliss-reactive ketones (excluding diaryl/α,β-unsaturated/α-hetero) is 1. The first kappa shape index (κ1) is 27.5. The van der Waals surface area contributed by atoms with Crippen molar-refractivity contribution in [3.63, 3.8) is 0 Å². The Morgan fingerprint density at radius 3 is 2.38 bits per heavy atom. The van der Waals surface area contributed by atoms with E-state index in [1.54, 1.807) is 6.08 Å². The summed E-state index contributed by atoms with van der Waals surface area (Å²) in [6, 6.07) is 0. The topological polar surface area (TPSA) is 97.7 Å². The van der Waals surface area contributed by atoms with Gasteiger partial charge in [0.2, 0.25) is 0 Å². The Balaban J connectivity index is 1.84. The second-order valence-corrected chi connectivity index (χ2v) is 12.9. The maximum absolute atomic E-state index is 13.8. The number of fused-ring (bicyclic) bond motifs is 5. The van der Waals surface area contributed by atoms with Crippen LogP contribution in [0, 0.1) is 39.9 Å². The lowest BCUT2D eigenvalue weighted by molar-refractivity contribution is -0.176. The van der Waals surface area contributed by atoms with Gasteiger partial charge in [0.1, 0.15) is 11.9 Å². The van der Waals surface area contributed by atoms with Crippen LogP contribution in [0.2, 0.25) is 0 Å². The van der Waals surface area contributed by atoms with Crippen LogP contribution in [0.15, 0.2) is 34.9 Å². The molecule has 3 saturated carbocycles. The summed E-state index contributed by atoms with van der Waals surface area (Å²) < 4.78 is 5.83. The van der Waals surface area contributed by atoms with Crippen molar-refractivity contribution in [2.24, 2.45) is 39.9 Å². The highest BCUT2D eigenvalue weighted by molar-refractivity contribution is 5.99. The number of carboxylic acids is 1. The molecular formula is C31H42O6. The Labute approximate surface area is 220 Å². The van der Waals surface area contributed by atoms with Gasteiger partial charge in [-0.25, -0.2) is 4.79 Å². The molecule has 0 spiro atoms. The van der Waals surface area contributed by atoms with Crippen LogP contribution in [-0.4, -0.2) is 34.7 Å².